The molecule has 23 heavy (non-hydrogen) atoms. The average Bonchev–Trinajstić information content (AvgIpc) is 3.66. The van der Waals surface area contributed by atoms with Gasteiger partial charge in [-0.1, -0.05) is 13.8 Å². The molecule has 0 aromatic carbocycles. The van der Waals surface area contributed by atoms with E-state index in [1.807, 2.05) is 20.9 Å². The first kappa shape index (κ1) is 30.8. The second-order valence-electron chi connectivity index (χ2n) is 3.69. The summed E-state index contributed by atoms with van der Waals surface area (Å²) in [5.74, 6) is 0. The van der Waals surface area contributed by atoms with Crippen molar-refractivity contribution in [1.29, 1.82) is 4.01 Å². The smallest absolute Gasteiger partial charge is 0.0781 e. The van der Waals surface area contributed by atoms with Crippen molar-refractivity contribution in [3.8, 4) is 0 Å². The number of epoxide rings is 2. The molecule has 0 spiro atoms. The Kier molecular flexibility index (Phi) is 57.7. The Morgan fingerprint density at radius 3 is 1.22 bits per heavy atom. The zero-order valence-electron chi connectivity index (χ0n) is 19.5. The molecule has 2 rings (SSSR count). The van der Waals surface area contributed by atoms with Gasteiger partial charge in [-0.25, -0.2) is 0 Å². The number of nitrogens with one attached hydrogen (secondary N) is 1. The molecular formula is C14H42B3N3O3. The van der Waals surface area contributed by atoms with Crippen molar-refractivity contribution < 1.29 is 14.6 Å². The van der Waals surface area contributed by atoms with Crippen LogP contribution in [0.2, 0.25) is 0 Å². The maximum atomic E-state index is 8.49. The quantitative estimate of drug-likeness (QED) is 0.366. The van der Waals surface area contributed by atoms with Crippen molar-refractivity contribution in [3.05, 3.63) is 0 Å². The molecule has 3 unspecified atom stereocenters. The first-order valence-electron chi connectivity index (χ1n) is 9.00. The molecule has 6 N–H and O–H groups in total. The molecule has 9 heteroatoms. The Labute approximate surface area is 155 Å². The zero-order valence-corrected chi connectivity index (χ0v) is 16.5. The van der Waals surface area contributed by atoms with Crippen molar-refractivity contribution in [3.63, 3.8) is 0 Å². The number of likely N-dealkylation sites (N-methyl/N-ethyl adjacent to an activating group) is 1. The first-order valence-corrected chi connectivity index (χ1v) is 7.27. The Balaban J connectivity index is -0.0000000328. The van der Waals surface area contributed by atoms with E-state index in [1.54, 1.807) is 6.92 Å². The van der Waals surface area contributed by atoms with E-state index in [1.165, 1.54) is 14.1 Å². The molecule has 2 fully saturated rings. The largest absolute Gasteiger partial charge is 0.392 e. The summed E-state index contributed by atoms with van der Waals surface area (Å²) in [4.78, 5) is 0. The molecule has 2 saturated heterocycles. The summed E-state index contributed by atoms with van der Waals surface area (Å²) in [6.07, 6.45) is 0.954. The van der Waals surface area contributed by atoms with Crippen molar-refractivity contribution in [1.82, 2.24) is 5.32 Å². The summed E-state index contributed by atoms with van der Waals surface area (Å²) >= 11 is 0. The first-order chi connectivity index (χ1) is 12.6. The van der Waals surface area contributed by atoms with Crippen molar-refractivity contribution in [2.24, 2.45) is 11.5 Å². The normalized spacial score (nSPS) is 19.2. The lowest BCUT2D eigenvalue weighted by Gasteiger charge is -1.97. The van der Waals surface area contributed by atoms with E-state index in [2.05, 4.69) is 55.8 Å². The van der Waals surface area contributed by atoms with Gasteiger partial charge in [0, 0.05) is 31.7 Å². The SMILES string of the molecule is CC.CC1CO1.CC1CO1.CN.CN.CNCC(C)O.[2H][B].[2H][B].[2H][B]. The van der Waals surface area contributed by atoms with E-state index < -0.39 is 0 Å². The number of hydrogen-bond acceptors (Lipinski definition) is 6. The van der Waals surface area contributed by atoms with E-state index in [0.717, 1.165) is 13.2 Å². The van der Waals surface area contributed by atoms with Gasteiger partial charge < -0.3 is 31.4 Å². The Bertz CT molecular complexity index is 147. The van der Waals surface area contributed by atoms with Crippen molar-refractivity contribution in [2.75, 3.05) is 40.9 Å². The van der Waals surface area contributed by atoms with Gasteiger partial charge in [-0.05, 0) is 45.9 Å². The second kappa shape index (κ2) is 43.1. The van der Waals surface area contributed by atoms with Crippen molar-refractivity contribution >= 4 is 25.1 Å². The van der Waals surface area contributed by atoms with Crippen LogP contribution in [-0.2, 0) is 9.47 Å². The number of ether oxygens (including phenoxy) is 2. The molecule has 0 saturated carbocycles. The van der Waals surface area contributed by atoms with Gasteiger partial charge in [0.2, 0.25) is 0 Å². The fourth-order valence-electron chi connectivity index (χ4n) is 0.488. The molecule has 0 aliphatic carbocycles. The van der Waals surface area contributed by atoms with Crippen LogP contribution in [0.1, 0.15) is 34.6 Å². The predicted octanol–water partition coefficient (Wildman–Crippen LogP) is -1.37. The standard InChI is InChI=1S/C4H11NO.2C3H6O.C2H6.2CH5N.3BH/c1-4(6)3-5-2;2*1-3-2-4-3;3*1-2;;;/h4-6H,3H2,1-2H3;2*3H,2H2,1H3;1-2H3;2*2H2,1H3;3*1H/i;;;;;;3*1D. The number of nitrogens with two attached hydrogens (primary N) is 2. The molecule has 2 aliphatic heterocycles. The minimum absolute atomic E-state index is 0.213. The highest BCUT2D eigenvalue weighted by atomic mass is 16.6. The van der Waals surface area contributed by atoms with Crippen LogP contribution in [0.25, 0.3) is 0 Å². The Morgan fingerprint density at radius 2 is 1.22 bits per heavy atom. The summed E-state index contributed by atoms with van der Waals surface area (Å²) in [6, 6.07) is 0. The molecule has 0 aromatic rings. The van der Waals surface area contributed by atoms with Crippen LogP contribution >= 0.6 is 0 Å². The van der Waals surface area contributed by atoms with Gasteiger partial charge in [-0.3, -0.25) is 0 Å². The molecule has 0 aromatic heterocycles. The van der Waals surface area contributed by atoms with Crippen LogP contribution in [-0.4, -0.2) is 93.5 Å². The zero-order chi connectivity index (χ0) is 23.0. The number of rotatable bonds is 2. The van der Waals surface area contributed by atoms with Crippen LogP contribution in [0.5, 0.6) is 0 Å². The minimum atomic E-state index is -0.213. The Hall–Kier alpha value is -0.0452. The predicted molar refractivity (Wildman–Crippen MR) is 109 cm³/mol. The summed E-state index contributed by atoms with van der Waals surface area (Å²) in [5.41, 5.74) is 9.00. The second-order valence-corrected chi connectivity index (χ2v) is 3.69. The highest BCUT2D eigenvalue weighted by Crippen LogP contribution is 2.04. The third kappa shape index (κ3) is 109. The highest BCUT2D eigenvalue weighted by Gasteiger charge is 2.13. The van der Waals surface area contributed by atoms with Gasteiger partial charge >= 0.3 is 0 Å². The highest BCUT2D eigenvalue weighted by molar-refractivity contribution is 5.76. The van der Waals surface area contributed by atoms with Crippen LogP contribution in [0, 0.1) is 0 Å². The molecular weight excluding hydrogens is 291 g/mol. The molecule has 3 atom stereocenters. The van der Waals surface area contributed by atoms with Gasteiger partial charge in [-0.2, -0.15) is 0 Å². The topological polar surface area (TPSA) is 109 Å². The number of aliphatic hydroxyl groups is 1. The lowest BCUT2D eigenvalue weighted by molar-refractivity contribution is 0.194. The lowest BCUT2D eigenvalue weighted by atomic mass is 10.4. The molecule has 140 valence electrons. The van der Waals surface area contributed by atoms with E-state index in [4.69, 9.17) is 18.6 Å². The van der Waals surface area contributed by atoms with Crippen LogP contribution in [0.3, 0.4) is 0 Å². The molecule has 2 heterocycles. The van der Waals surface area contributed by atoms with Gasteiger partial charge in [0.05, 0.1) is 31.5 Å². The van der Waals surface area contributed by atoms with Gasteiger partial charge in [0.15, 0.2) is 0 Å². The molecule has 0 bridgehead atoms. The third-order valence-electron chi connectivity index (χ3n) is 1.50. The lowest BCUT2D eigenvalue weighted by Crippen LogP contribution is -2.19. The molecule has 6 radical (unpaired) electrons. The van der Waals surface area contributed by atoms with Crippen LogP contribution in [0.15, 0.2) is 0 Å². The average molecular weight is 336 g/mol. The third-order valence-corrected chi connectivity index (χ3v) is 1.50. The van der Waals surface area contributed by atoms with E-state index in [-0.39, 0.29) is 6.10 Å². The summed E-state index contributed by atoms with van der Waals surface area (Å²) in [5, 5.41) is 11.3. The van der Waals surface area contributed by atoms with Crippen LogP contribution < -0.4 is 16.8 Å². The maximum absolute atomic E-state index is 8.49. The van der Waals surface area contributed by atoms with Gasteiger partial charge in [0.25, 0.3) is 0 Å². The fraction of sp³-hybridized carbons (Fsp3) is 1.00. The number of hydrogen-bond donors (Lipinski definition) is 4. The molecule has 0 amide bonds. The molecule has 2 aliphatic rings. The van der Waals surface area contributed by atoms with Crippen molar-refractivity contribution in [2.45, 2.75) is 52.9 Å². The summed E-state index contributed by atoms with van der Waals surface area (Å²) < 4.78 is 25.2. The minimum Gasteiger partial charge on any atom is -0.392 e. The van der Waals surface area contributed by atoms with E-state index >= 15 is 0 Å². The monoisotopic (exact) mass is 336 g/mol. The summed E-state index contributed by atoms with van der Waals surface area (Å²) in [6.45, 7) is 12.5. The van der Waals surface area contributed by atoms with Crippen LogP contribution in [0.4, 0.5) is 0 Å². The van der Waals surface area contributed by atoms with Gasteiger partial charge in [0.1, 0.15) is 0 Å². The Morgan fingerprint density at radius 1 is 1.04 bits per heavy atom. The van der Waals surface area contributed by atoms with E-state index in [9.17, 15) is 0 Å². The number of aliphatic hydroxyl groups excluding tert-OH is 1. The van der Waals surface area contributed by atoms with E-state index in [0.29, 0.717) is 18.8 Å². The summed E-state index contributed by atoms with van der Waals surface area (Å²) in [7, 11) is 16.1. The fourth-order valence-corrected chi connectivity index (χ4v) is 0.488. The van der Waals surface area contributed by atoms with Gasteiger partial charge in [-0.15, -0.1) is 0 Å². The maximum Gasteiger partial charge on any atom is 0.0781 e. The molecule has 6 nitrogen and oxygen atoms in total.